The average molecular weight is 373 g/mol. The second kappa shape index (κ2) is 6.94. The van der Waals surface area contributed by atoms with Crippen molar-refractivity contribution in [2.45, 2.75) is 24.3 Å². The van der Waals surface area contributed by atoms with Crippen molar-refractivity contribution in [3.8, 4) is 11.8 Å². The third-order valence-electron chi connectivity index (χ3n) is 4.51. The molecular formula is C18H19N3O4S. The SMILES string of the molecule is Cc1cc(O[C@H]2CCN(S(=O)(=O)c3ccccc3C#N)C2)cc(=O)n1C. The lowest BCUT2D eigenvalue weighted by atomic mass is 10.2. The van der Waals surface area contributed by atoms with E-state index in [1.807, 2.05) is 6.07 Å². The summed E-state index contributed by atoms with van der Waals surface area (Å²) in [6, 6.07) is 11.2. The minimum atomic E-state index is -3.76. The van der Waals surface area contributed by atoms with Gasteiger partial charge in [0.1, 0.15) is 17.9 Å². The first kappa shape index (κ1) is 18.2. The van der Waals surface area contributed by atoms with Gasteiger partial charge < -0.3 is 9.30 Å². The standard InChI is InChI=1S/C18H19N3O4S/c1-13-9-16(10-18(22)20(13)2)25-15-7-8-21(12-15)26(23,24)17-6-4-3-5-14(17)11-19/h3-6,9-10,15H,7-8,12H2,1-2H3/t15-/m0/s1. The van der Waals surface area contributed by atoms with E-state index >= 15 is 0 Å². The van der Waals surface area contributed by atoms with Crippen molar-refractivity contribution >= 4 is 10.0 Å². The molecule has 0 aliphatic carbocycles. The molecule has 0 N–H and O–H groups in total. The van der Waals surface area contributed by atoms with Gasteiger partial charge in [0.15, 0.2) is 0 Å². The van der Waals surface area contributed by atoms with Crippen molar-refractivity contribution in [2.75, 3.05) is 13.1 Å². The number of hydrogen-bond donors (Lipinski definition) is 0. The number of nitriles is 1. The molecule has 26 heavy (non-hydrogen) atoms. The lowest BCUT2D eigenvalue weighted by Crippen LogP contribution is -2.31. The second-order valence-corrected chi connectivity index (χ2v) is 8.14. The van der Waals surface area contributed by atoms with Crippen LogP contribution in [0.4, 0.5) is 0 Å². The minimum absolute atomic E-state index is 0.00701. The second-order valence-electron chi connectivity index (χ2n) is 6.23. The highest BCUT2D eigenvalue weighted by molar-refractivity contribution is 7.89. The van der Waals surface area contributed by atoms with Crippen LogP contribution in [-0.4, -0.2) is 36.5 Å². The van der Waals surface area contributed by atoms with E-state index in [0.717, 1.165) is 5.69 Å². The molecule has 0 unspecified atom stereocenters. The number of aryl methyl sites for hydroxylation is 1. The van der Waals surface area contributed by atoms with Gasteiger partial charge in [0.05, 0.1) is 17.0 Å². The van der Waals surface area contributed by atoms with Crippen molar-refractivity contribution in [3.05, 3.63) is 58.0 Å². The smallest absolute Gasteiger partial charge is 0.254 e. The van der Waals surface area contributed by atoms with Crippen molar-refractivity contribution in [1.82, 2.24) is 8.87 Å². The summed E-state index contributed by atoms with van der Waals surface area (Å²) < 4.78 is 34.3. The molecule has 0 amide bonds. The third kappa shape index (κ3) is 3.36. The van der Waals surface area contributed by atoms with Crippen molar-refractivity contribution in [1.29, 1.82) is 5.26 Å². The van der Waals surface area contributed by atoms with Crippen LogP contribution in [0.15, 0.2) is 46.1 Å². The first-order chi connectivity index (χ1) is 12.3. The fourth-order valence-corrected chi connectivity index (χ4v) is 4.56. The molecule has 0 radical (unpaired) electrons. The van der Waals surface area contributed by atoms with Gasteiger partial charge in [0, 0.05) is 25.4 Å². The molecule has 1 atom stereocenters. The van der Waals surface area contributed by atoms with Crippen LogP contribution in [0.5, 0.6) is 5.75 Å². The number of pyridine rings is 1. The van der Waals surface area contributed by atoms with Crippen LogP contribution in [0.2, 0.25) is 0 Å². The number of aromatic nitrogens is 1. The van der Waals surface area contributed by atoms with Crippen LogP contribution < -0.4 is 10.3 Å². The quantitative estimate of drug-likeness (QED) is 0.808. The summed E-state index contributed by atoms with van der Waals surface area (Å²) in [6.45, 7) is 2.28. The predicted octanol–water partition coefficient (Wildman–Crippen LogP) is 1.41. The first-order valence-corrected chi connectivity index (χ1v) is 9.60. The monoisotopic (exact) mass is 373 g/mol. The highest BCUT2D eigenvalue weighted by Crippen LogP contribution is 2.25. The maximum atomic E-state index is 12.8. The number of sulfonamides is 1. The molecule has 136 valence electrons. The number of benzene rings is 1. The van der Waals surface area contributed by atoms with E-state index in [4.69, 9.17) is 10.00 Å². The summed E-state index contributed by atoms with van der Waals surface area (Å²) in [5.41, 5.74) is 0.711. The van der Waals surface area contributed by atoms with Gasteiger partial charge in [-0.15, -0.1) is 0 Å². The Bertz CT molecular complexity index is 1040. The lowest BCUT2D eigenvalue weighted by Gasteiger charge is -2.18. The average Bonchev–Trinajstić information content (AvgIpc) is 3.09. The molecule has 0 bridgehead atoms. The Morgan fingerprint density at radius 3 is 2.69 bits per heavy atom. The van der Waals surface area contributed by atoms with E-state index in [9.17, 15) is 13.2 Å². The van der Waals surface area contributed by atoms with Crippen LogP contribution in [0.3, 0.4) is 0 Å². The molecule has 3 rings (SSSR count). The van der Waals surface area contributed by atoms with E-state index in [1.165, 1.54) is 27.1 Å². The normalized spacial score (nSPS) is 17.8. The Hall–Kier alpha value is -2.63. The maximum Gasteiger partial charge on any atom is 0.254 e. The zero-order valence-corrected chi connectivity index (χ0v) is 15.4. The zero-order chi connectivity index (χ0) is 18.9. The highest BCUT2D eigenvalue weighted by atomic mass is 32.2. The van der Waals surface area contributed by atoms with Gasteiger partial charge in [0.25, 0.3) is 5.56 Å². The van der Waals surface area contributed by atoms with Gasteiger partial charge in [0.2, 0.25) is 10.0 Å². The van der Waals surface area contributed by atoms with E-state index in [2.05, 4.69) is 0 Å². The third-order valence-corrected chi connectivity index (χ3v) is 6.44. The van der Waals surface area contributed by atoms with Gasteiger partial charge in [-0.05, 0) is 31.5 Å². The number of nitrogens with zero attached hydrogens (tertiary/aromatic N) is 3. The van der Waals surface area contributed by atoms with Crippen molar-refractivity contribution < 1.29 is 13.2 Å². The van der Waals surface area contributed by atoms with E-state index in [0.29, 0.717) is 18.7 Å². The molecule has 1 saturated heterocycles. The van der Waals surface area contributed by atoms with Crippen LogP contribution in [0.25, 0.3) is 0 Å². The summed E-state index contributed by atoms with van der Waals surface area (Å²) in [6.07, 6.45) is 0.174. The topological polar surface area (TPSA) is 92.4 Å². The Kier molecular flexibility index (Phi) is 4.85. The number of rotatable bonds is 4. The molecule has 0 spiro atoms. The zero-order valence-electron chi connectivity index (χ0n) is 14.5. The molecular weight excluding hydrogens is 354 g/mol. The molecule has 1 aromatic carbocycles. The summed E-state index contributed by atoms with van der Waals surface area (Å²) in [4.78, 5) is 11.9. The fraction of sp³-hybridized carbons (Fsp3) is 0.333. The summed E-state index contributed by atoms with van der Waals surface area (Å²) in [5, 5.41) is 9.16. The van der Waals surface area contributed by atoms with Crippen LogP contribution in [-0.2, 0) is 17.1 Å². The van der Waals surface area contributed by atoms with E-state index in [-0.39, 0.29) is 28.7 Å². The molecule has 2 heterocycles. The largest absolute Gasteiger partial charge is 0.489 e. The molecule has 1 aliphatic heterocycles. The van der Waals surface area contributed by atoms with Crippen LogP contribution in [0, 0.1) is 18.3 Å². The van der Waals surface area contributed by atoms with Gasteiger partial charge in [-0.25, -0.2) is 8.42 Å². The first-order valence-electron chi connectivity index (χ1n) is 8.16. The summed E-state index contributed by atoms with van der Waals surface area (Å²) >= 11 is 0. The Balaban J connectivity index is 1.78. The number of hydrogen-bond acceptors (Lipinski definition) is 5. The Morgan fingerprint density at radius 2 is 2.00 bits per heavy atom. The van der Waals surface area contributed by atoms with Crippen molar-refractivity contribution in [3.63, 3.8) is 0 Å². The predicted molar refractivity (Wildman–Crippen MR) is 95.4 cm³/mol. The molecule has 2 aromatic rings. The van der Waals surface area contributed by atoms with Crippen LogP contribution >= 0.6 is 0 Å². The minimum Gasteiger partial charge on any atom is -0.489 e. The van der Waals surface area contributed by atoms with E-state index in [1.54, 1.807) is 32.2 Å². The van der Waals surface area contributed by atoms with E-state index < -0.39 is 10.0 Å². The van der Waals surface area contributed by atoms with Gasteiger partial charge >= 0.3 is 0 Å². The summed E-state index contributed by atoms with van der Waals surface area (Å²) in [7, 11) is -2.09. The molecule has 1 aromatic heterocycles. The fourth-order valence-electron chi connectivity index (χ4n) is 2.93. The highest BCUT2D eigenvalue weighted by Gasteiger charge is 2.34. The maximum absolute atomic E-state index is 12.8. The molecule has 7 nitrogen and oxygen atoms in total. The van der Waals surface area contributed by atoms with Gasteiger partial charge in [-0.2, -0.15) is 9.57 Å². The van der Waals surface area contributed by atoms with Crippen molar-refractivity contribution in [2.24, 2.45) is 7.05 Å². The molecule has 1 fully saturated rings. The molecule has 1 aliphatic rings. The lowest BCUT2D eigenvalue weighted by molar-refractivity contribution is 0.214. The van der Waals surface area contributed by atoms with Crippen LogP contribution in [0.1, 0.15) is 17.7 Å². The summed E-state index contributed by atoms with van der Waals surface area (Å²) in [5.74, 6) is 0.437. The van der Waals surface area contributed by atoms with Gasteiger partial charge in [-0.1, -0.05) is 12.1 Å². The Morgan fingerprint density at radius 1 is 1.27 bits per heavy atom. The number of ether oxygens (including phenoxy) is 1. The Labute approximate surface area is 152 Å². The van der Waals surface area contributed by atoms with Gasteiger partial charge in [-0.3, -0.25) is 4.79 Å². The molecule has 0 saturated carbocycles. The molecule has 8 heteroatoms.